The van der Waals surface area contributed by atoms with Crippen LogP contribution in [0.4, 0.5) is 0 Å². The molecule has 5 heteroatoms. The van der Waals surface area contributed by atoms with Crippen LogP contribution in [0.2, 0.25) is 0 Å². The van der Waals surface area contributed by atoms with Crippen LogP contribution in [0.25, 0.3) is 0 Å². The van der Waals surface area contributed by atoms with Gasteiger partial charge in [-0.05, 0) is 40.7 Å². The fourth-order valence-corrected chi connectivity index (χ4v) is 1.88. The van der Waals surface area contributed by atoms with Gasteiger partial charge < -0.3 is 9.31 Å². The number of aromatic nitrogens is 1. The number of hydrogen-bond acceptors (Lipinski definition) is 4. The molecule has 0 bridgehead atoms. The molecule has 1 aliphatic heterocycles. The van der Waals surface area contributed by atoms with Crippen LogP contribution in [0.15, 0.2) is 12.1 Å². The van der Waals surface area contributed by atoms with Gasteiger partial charge in [0.1, 0.15) is 5.69 Å². The van der Waals surface area contributed by atoms with E-state index in [2.05, 4.69) is 4.98 Å². The van der Waals surface area contributed by atoms with Crippen molar-refractivity contribution in [3.05, 3.63) is 23.5 Å². The molecule has 0 amide bonds. The van der Waals surface area contributed by atoms with Crippen molar-refractivity contribution in [1.29, 1.82) is 0 Å². The third-order valence-corrected chi connectivity index (χ3v) is 3.78. The zero-order valence-electron chi connectivity index (χ0n) is 11.5. The van der Waals surface area contributed by atoms with Crippen molar-refractivity contribution in [2.24, 2.45) is 0 Å². The van der Waals surface area contributed by atoms with Gasteiger partial charge in [0.25, 0.3) is 0 Å². The maximum absolute atomic E-state index is 10.7. The first kappa shape index (κ1) is 13.2. The van der Waals surface area contributed by atoms with Gasteiger partial charge in [0, 0.05) is 11.2 Å². The van der Waals surface area contributed by atoms with E-state index < -0.39 is 7.12 Å². The molecular weight excluding hydrogens is 229 g/mol. The summed E-state index contributed by atoms with van der Waals surface area (Å²) in [4.78, 5) is 14.9. The molecule has 1 aliphatic rings. The Bertz CT molecular complexity index is 469. The Morgan fingerprint density at radius 3 is 2.17 bits per heavy atom. The highest BCUT2D eigenvalue weighted by Gasteiger charge is 2.52. The number of pyridine rings is 1. The molecule has 1 fully saturated rings. The molecule has 96 valence electrons. The summed E-state index contributed by atoms with van der Waals surface area (Å²) in [5.41, 5.74) is 1.33. The Kier molecular flexibility index (Phi) is 3.07. The molecule has 0 N–H and O–H groups in total. The van der Waals surface area contributed by atoms with Gasteiger partial charge in [0.15, 0.2) is 6.29 Å². The summed E-state index contributed by atoms with van der Waals surface area (Å²) in [7, 11) is -0.428. The number of hydrogen-bond donors (Lipinski definition) is 0. The van der Waals surface area contributed by atoms with E-state index in [1.807, 2.05) is 40.7 Å². The lowest BCUT2D eigenvalue weighted by Crippen LogP contribution is -2.41. The molecule has 0 aliphatic carbocycles. The highest BCUT2D eigenvalue weighted by atomic mass is 16.7. The molecule has 0 aromatic carbocycles. The predicted octanol–water partition coefficient (Wildman–Crippen LogP) is 1.50. The molecule has 0 radical (unpaired) electrons. The van der Waals surface area contributed by atoms with Crippen molar-refractivity contribution in [2.45, 2.75) is 45.8 Å². The average Bonchev–Trinajstić information content (AvgIpc) is 2.47. The van der Waals surface area contributed by atoms with Crippen LogP contribution in [0.1, 0.15) is 43.9 Å². The molecule has 4 nitrogen and oxygen atoms in total. The number of nitrogens with zero attached hydrogens (tertiary/aromatic N) is 1. The smallest absolute Gasteiger partial charge is 0.399 e. The number of rotatable bonds is 2. The van der Waals surface area contributed by atoms with E-state index in [-0.39, 0.29) is 11.2 Å². The average molecular weight is 247 g/mol. The van der Waals surface area contributed by atoms with E-state index in [0.717, 1.165) is 17.4 Å². The first-order chi connectivity index (χ1) is 8.27. The van der Waals surface area contributed by atoms with Crippen molar-refractivity contribution >= 4 is 18.9 Å². The van der Waals surface area contributed by atoms with E-state index in [1.54, 1.807) is 6.07 Å². The lowest BCUT2D eigenvalue weighted by molar-refractivity contribution is 0.00578. The number of aldehydes is 1. The normalized spacial score (nSPS) is 21.1. The van der Waals surface area contributed by atoms with Gasteiger partial charge in [0.2, 0.25) is 0 Å². The fraction of sp³-hybridized carbons (Fsp3) is 0.538. The van der Waals surface area contributed by atoms with E-state index >= 15 is 0 Å². The number of aryl methyl sites for hydroxylation is 1. The molecule has 1 saturated heterocycles. The first-order valence-electron chi connectivity index (χ1n) is 6.05. The third kappa shape index (κ3) is 2.08. The Morgan fingerprint density at radius 1 is 1.17 bits per heavy atom. The summed E-state index contributed by atoms with van der Waals surface area (Å²) in [6.45, 7) is 9.89. The largest absolute Gasteiger partial charge is 0.496 e. The van der Waals surface area contributed by atoms with Crippen LogP contribution in [0, 0.1) is 6.92 Å². The molecule has 0 unspecified atom stereocenters. The summed E-state index contributed by atoms with van der Waals surface area (Å²) >= 11 is 0. The summed E-state index contributed by atoms with van der Waals surface area (Å²) in [6, 6.07) is 3.52. The van der Waals surface area contributed by atoms with E-state index in [0.29, 0.717) is 5.69 Å². The van der Waals surface area contributed by atoms with Crippen LogP contribution in [-0.2, 0) is 9.31 Å². The maximum atomic E-state index is 10.7. The lowest BCUT2D eigenvalue weighted by Gasteiger charge is -2.32. The zero-order valence-corrected chi connectivity index (χ0v) is 11.5. The van der Waals surface area contributed by atoms with Crippen molar-refractivity contribution in [3.8, 4) is 0 Å². The molecule has 2 rings (SSSR count). The fourth-order valence-electron chi connectivity index (χ4n) is 1.88. The van der Waals surface area contributed by atoms with Crippen LogP contribution < -0.4 is 5.46 Å². The molecule has 0 spiro atoms. The van der Waals surface area contributed by atoms with Crippen molar-refractivity contribution in [2.75, 3.05) is 0 Å². The van der Waals surface area contributed by atoms with Gasteiger partial charge in [-0.25, -0.2) is 0 Å². The monoisotopic (exact) mass is 247 g/mol. The number of carbonyl (C=O) groups excluding carboxylic acids is 1. The highest BCUT2D eigenvalue weighted by molar-refractivity contribution is 6.62. The highest BCUT2D eigenvalue weighted by Crippen LogP contribution is 2.36. The van der Waals surface area contributed by atoms with Crippen molar-refractivity contribution in [3.63, 3.8) is 0 Å². The van der Waals surface area contributed by atoms with Crippen LogP contribution in [-0.4, -0.2) is 29.6 Å². The topological polar surface area (TPSA) is 48.4 Å². The molecule has 1 aromatic rings. The van der Waals surface area contributed by atoms with Gasteiger partial charge in [-0.15, -0.1) is 0 Å². The van der Waals surface area contributed by atoms with Crippen LogP contribution in [0.5, 0.6) is 0 Å². The van der Waals surface area contributed by atoms with Crippen LogP contribution >= 0.6 is 0 Å². The zero-order chi connectivity index (χ0) is 13.6. The third-order valence-electron chi connectivity index (χ3n) is 3.78. The van der Waals surface area contributed by atoms with E-state index in [1.165, 1.54) is 0 Å². The molecule has 0 saturated carbocycles. The van der Waals surface area contributed by atoms with E-state index in [9.17, 15) is 4.79 Å². The van der Waals surface area contributed by atoms with Gasteiger partial charge in [0.05, 0.1) is 11.2 Å². The minimum Gasteiger partial charge on any atom is -0.399 e. The van der Waals surface area contributed by atoms with Crippen molar-refractivity contribution in [1.82, 2.24) is 4.98 Å². The summed E-state index contributed by atoms with van der Waals surface area (Å²) < 4.78 is 11.9. The first-order valence-corrected chi connectivity index (χ1v) is 6.05. The minimum absolute atomic E-state index is 0.368. The standard InChI is InChI=1S/C13H18BNO3/c1-9-11(7-6-10(8-16)15-9)14-17-12(2,3)13(4,5)18-14/h6-8H,1-5H3. The SMILES string of the molecule is Cc1nc(C=O)ccc1B1OC(C)(C)C(C)(C)O1. The summed E-state index contributed by atoms with van der Waals surface area (Å²) in [6.07, 6.45) is 0.737. The molecule has 0 atom stereocenters. The second kappa shape index (κ2) is 4.18. The predicted molar refractivity (Wildman–Crippen MR) is 70.1 cm³/mol. The van der Waals surface area contributed by atoms with Gasteiger partial charge >= 0.3 is 7.12 Å². The Labute approximate surface area is 108 Å². The minimum atomic E-state index is -0.428. The van der Waals surface area contributed by atoms with E-state index in [4.69, 9.17) is 9.31 Å². The van der Waals surface area contributed by atoms with Gasteiger partial charge in [-0.3, -0.25) is 9.78 Å². The lowest BCUT2D eigenvalue weighted by atomic mass is 9.78. The second-order valence-electron chi connectivity index (χ2n) is 5.62. The molecule has 18 heavy (non-hydrogen) atoms. The Morgan fingerprint density at radius 2 is 1.72 bits per heavy atom. The molecule has 1 aromatic heterocycles. The summed E-state index contributed by atoms with van der Waals surface area (Å²) in [5.74, 6) is 0. The maximum Gasteiger partial charge on any atom is 0.496 e. The van der Waals surface area contributed by atoms with Crippen molar-refractivity contribution < 1.29 is 14.1 Å². The molecule has 2 heterocycles. The quantitative estimate of drug-likeness (QED) is 0.587. The number of carbonyl (C=O) groups is 1. The Hall–Kier alpha value is -1.20. The van der Waals surface area contributed by atoms with Gasteiger partial charge in [-0.2, -0.15) is 0 Å². The van der Waals surface area contributed by atoms with Gasteiger partial charge in [-0.1, -0.05) is 6.07 Å². The second-order valence-corrected chi connectivity index (χ2v) is 5.62. The summed E-state index contributed by atoms with van der Waals surface area (Å²) in [5, 5.41) is 0. The van der Waals surface area contributed by atoms with Crippen LogP contribution in [0.3, 0.4) is 0 Å². The molecular formula is C13H18BNO3. The Balaban J connectivity index is 2.32.